The van der Waals surface area contributed by atoms with Gasteiger partial charge in [0.1, 0.15) is 0 Å². The molecule has 0 aliphatic heterocycles. The minimum atomic E-state index is 0.884. The lowest BCUT2D eigenvalue weighted by Gasteiger charge is -1.98. The number of rotatable bonds is 1. The van der Waals surface area contributed by atoms with Gasteiger partial charge < -0.3 is 0 Å². The number of benzene rings is 1. The second kappa shape index (κ2) is 4.02. The molecule has 0 atom stereocenters. The molecule has 3 heteroatoms. The Morgan fingerprint density at radius 1 is 1.27 bits per heavy atom. The first-order valence-corrected chi connectivity index (χ1v) is 4.66. The van der Waals surface area contributed by atoms with Crippen molar-refractivity contribution >= 4 is 43.8 Å². The van der Waals surface area contributed by atoms with Crippen LogP contribution >= 0.6 is 31.9 Å². The summed E-state index contributed by atoms with van der Waals surface area (Å²) in [5, 5.41) is 0. The van der Waals surface area contributed by atoms with E-state index in [0.29, 0.717) is 0 Å². The van der Waals surface area contributed by atoms with Crippen LogP contribution in [0.15, 0.2) is 32.1 Å². The highest BCUT2D eigenvalue weighted by atomic mass is 79.9. The molecule has 0 N–H and O–H groups in total. The summed E-state index contributed by atoms with van der Waals surface area (Å²) < 4.78 is 1.95. The van der Waals surface area contributed by atoms with Crippen molar-refractivity contribution in [2.24, 2.45) is 4.99 Å². The van der Waals surface area contributed by atoms with Crippen molar-refractivity contribution in [1.82, 2.24) is 0 Å². The molecular formula is C8H6Br2N. The molecule has 0 aliphatic rings. The van der Waals surface area contributed by atoms with Gasteiger partial charge in [0.05, 0.1) is 11.9 Å². The zero-order valence-corrected chi connectivity index (χ0v) is 9.11. The lowest BCUT2D eigenvalue weighted by atomic mass is 10.3. The predicted octanol–water partition coefficient (Wildman–Crippen LogP) is 3.81. The third-order valence-electron chi connectivity index (χ3n) is 1.16. The van der Waals surface area contributed by atoms with E-state index in [-0.39, 0.29) is 0 Å². The second-order valence-corrected chi connectivity index (χ2v) is 3.61. The van der Waals surface area contributed by atoms with Crippen molar-refractivity contribution in [1.29, 1.82) is 0 Å². The number of halogens is 2. The minimum Gasteiger partial charge on any atom is -0.249 e. The van der Waals surface area contributed by atoms with Crippen molar-refractivity contribution in [2.45, 2.75) is 6.92 Å². The van der Waals surface area contributed by atoms with E-state index in [1.807, 2.05) is 18.2 Å². The minimum absolute atomic E-state index is 0.884. The van der Waals surface area contributed by atoms with Crippen LogP contribution in [0.1, 0.15) is 6.92 Å². The van der Waals surface area contributed by atoms with Gasteiger partial charge in [-0.2, -0.15) is 0 Å². The lowest BCUT2D eigenvalue weighted by Crippen LogP contribution is -1.71. The van der Waals surface area contributed by atoms with Gasteiger partial charge in [-0.3, -0.25) is 0 Å². The van der Waals surface area contributed by atoms with Crippen molar-refractivity contribution in [3.63, 3.8) is 0 Å². The second-order valence-electron chi connectivity index (χ2n) is 1.91. The molecule has 1 aromatic rings. The van der Waals surface area contributed by atoms with Crippen molar-refractivity contribution in [2.75, 3.05) is 0 Å². The van der Waals surface area contributed by atoms with Crippen LogP contribution in [-0.4, -0.2) is 6.21 Å². The van der Waals surface area contributed by atoms with Crippen LogP contribution < -0.4 is 0 Å². The molecular weight excluding hydrogens is 270 g/mol. The molecule has 0 fully saturated rings. The maximum absolute atomic E-state index is 4.06. The summed E-state index contributed by atoms with van der Waals surface area (Å²) in [5.74, 6) is 0. The summed E-state index contributed by atoms with van der Waals surface area (Å²) in [5.41, 5.74) is 0.884. The van der Waals surface area contributed by atoms with E-state index in [1.165, 1.54) is 0 Å². The molecule has 0 saturated carbocycles. The van der Waals surface area contributed by atoms with Gasteiger partial charge in [-0.05, 0) is 50.9 Å². The van der Waals surface area contributed by atoms with E-state index >= 15 is 0 Å². The van der Waals surface area contributed by atoms with Crippen LogP contribution in [0.2, 0.25) is 0 Å². The topological polar surface area (TPSA) is 12.4 Å². The Balaban J connectivity index is 3.20. The Morgan fingerprint density at radius 3 is 2.27 bits per heavy atom. The van der Waals surface area contributed by atoms with Gasteiger partial charge in [0.25, 0.3) is 0 Å². The van der Waals surface area contributed by atoms with E-state index in [2.05, 4.69) is 43.1 Å². The zero-order chi connectivity index (χ0) is 8.27. The maximum atomic E-state index is 4.06. The standard InChI is InChI=1S/C8H6Br2N/c1-2-11-8-6(9)4-3-5-7(8)10/h3-5H,1H3. The summed E-state index contributed by atoms with van der Waals surface area (Å²) in [7, 11) is 0. The van der Waals surface area contributed by atoms with Crippen LogP contribution in [-0.2, 0) is 0 Å². The molecule has 1 radical (unpaired) electrons. The molecule has 1 rings (SSSR count). The van der Waals surface area contributed by atoms with E-state index in [0.717, 1.165) is 14.6 Å². The number of aliphatic imine (C=N–C) groups is 1. The molecule has 1 nitrogen and oxygen atoms in total. The third-order valence-corrected chi connectivity index (χ3v) is 2.44. The Bertz CT molecular complexity index is 261. The van der Waals surface area contributed by atoms with Gasteiger partial charge in [-0.1, -0.05) is 6.07 Å². The van der Waals surface area contributed by atoms with Crippen LogP contribution in [0.3, 0.4) is 0 Å². The van der Waals surface area contributed by atoms with Gasteiger partial charge in [0, 0.05) is 8.95 Å². The maximum Gasteiger partial charge on any atom is 0.0917 e. The molecule has 0 unspecified atom stereocenters. The van der Waals surface area contributed by atoms with Crippen LogP contribution in [0, 0.1) is 0 Å². The summed E-state index contributed by atoms with van der Waals surface area (Å²) in [6, 6.07) is 5.84. The third kappa shape index (κ3) is 2.14. The first-order valence-electron chi connectivity index (χ1n) is 3.07. The number of hydrogen-bond donors (Lipinski definition) is 0. The van der Waals surface area contributed by atoms with E-state index in [4.69, 9.17) is 0 Å². The average molecular weight is 276 g/mol. The van der Waals surface area contributed by atoms with Crippen molar-refractivity contribution < 1.29 is 0 Å². The highest BCUT2D eigenvalue weighted by Crippen LogP contribution is 2.32. The molecule has 0 bridgehead atoms. The Morgan fingerprint density at radius 2 is 1.82 bits per heavy atom. The molecule has 0 heterocycles. The summed E-state index contributed by atoms with van der Waals surface area (Å²) in [6.45, 7) is 1.77. The van der Waals surface area contributed by atoms with Gasteiger partial charge in [0.2, 0.25) is 0 Å². The fraction of sp³-hybridized carbons (Fsp3) is 0.125. The molecule has 0 spiro atoms. The molecule has 1 aromatic carbocycles. The zero-order valence-electron chi connectivity index (χ0n) is 5.94. The average Bonchev–Trinajstić information content (AvgIpc) is 1.97. The summed E-state index contributed by atoms with van der Waals surface area (Å²) >= 11 is 6.77. The predicted molar refractivity (Wildman–Crippen MR) is 54.6 cm³/mol. The van der Waals surface area contributed by atoms with Gasteiger partial charge in [-0.15, -0.1) is 0 Å². The van der Waals surface area contributed by atoms with Gasteiger partial charge in [0.15, 0.2) is 0 Å². The van der Waals surface area contributed by atoms with E-state index < -0.39 is 0 Å². The van der Waals surface area contributed by atoms with Gasteiger partial charge >= 0.3 is 0 Å². The Hall–Kier alpha value is -0.150. The normalized spacial score (nSPS) is 10.8. The number of nitrogens with zero attached hydrogens (tertiary/aromatic N) is 1. The molecule has 0 amide bonds. The lowest BCUT2D eigenvalue weighted by molar-refractivity contribution is 1.46. The Kier molecular flexibility index (Phi) is 3.27. The highest BCUT2D eigenvalue weighted by molar-refractivity contribution is 9.11. The van der Waals surface area contributed by atoms with Crippen molar-refractivity contribution in [3.05, 3.63) is 27.1 Å². The molecule has 0 saturated heterocycles. The van der Waals surface area contributed by atoms with Gasteiger partial charge in [-0.25, -0.2) is 4.99 Å². The first-order chi connectivity index (χ1) is 5.25. The highest BCUT2D eigenvalue weighted by Gasteiger charge is 2.00. The first kappa shape index (κ1) is 8.94. The Labute approximate surface area is 82.8 Å². The number of para-hydroxylation sites is 1. The number of hydrogen-bond acceptors (Lipinski definition) is 1. The van der Waals surface area contributed by atoms with Crippen LogP contribution in [0.5, 0.6) is 0 Å². The SMILES string of the molecule is C[C]=Nc1c(Br)cccc1Br. The van der Waals surface area contributed by atoms with Crippen LogP contribution in [0.4, 0.5) is 5.69 Å². The summed E-state index contributed by atoms with van der Waals surface area (Å²) in [6.07, 6.45) is 2.73. The smallest absolute Gasteiger partial charge is 0.0917 e. The molecule has 0 aliphatic carbocycles. The molecule has 57 valence electrons. The molecule has 11 heavy (non-hydrogen) atoms. The van der Waals surface area contributed by atoms with Crippen LogP contribution in [0.25, 0.3) is 0 Å². The van der Waals surface area contributed by atoms with E-state index in [1.54, 1.807) is 6.92 Å². The fourth-order valence-corrected chi connectivity index (χ4v) is 1.88. The van der Waals surface area contributed by atoms with E-state index in [9.17, 15) is 0 Å². The largest absolute Gasteiger partial charge is 0.249 e. The quantitative estimate of drug-likeness (QED) is 0.691. The monoisotopic (exact) mass is 274 g/mol. The summed E-state index contributed by atoms with van der Waals surface area (Å²) in [4.78, 5) is 4.06. The fourth-order valence-electron chi connectivity index (χ4n) is 0.708. The molecule has 0 aromatic heterocycles. The van der Waals surface area contributed by atoms with Crippen molar-refractivity contribution in [3.8, 4) is 0 Å².